The lowest BCUT2D eigenvalue weighted by atomic mass is 9.64. The maximum absolute atomic E-state index is 12.3. The van der Waals surface area contributed by atoms with Crippen LogP contribution in [0.5, 0.6) is 5.75 Å². The van der Waals surface area contributed by atoms with Gasteiger partial charge in [-0.2, -0.15) is 0 Å². The molecule has 2 aromatic carbocycles. The van der Waals surface area contributed by atoms with Crippen LogP contribution in [0.3, 0.4) is 0 Å². The Kier molecular flexibility index (Phi) is 7.13. The van der Waals surface area contributed by atoms with Gasteiger partial charge in [0, 0.05) is 11.1 Å². The molecule has 0 N–H and O–H groups in total. The van der Waals surface area contributed by atoms with Gasteiger partial charge in [0.15, 0.2) is 0 Å². The van der Waals surface area contributed by atoms with E-state index in [1.807, 2.05) is 0 Å². The summed E-state index contributed by atoms with van der Waals surface area (Å²) in [5, 5.41) is 0. The van der Waals surface area contributed by atoms with E-state index in [1.165, 1.54) is 74.6 Å². The molecular formula is C28H31F3O. The lowest BCUT2D eigenvalue weighted by Gasteiger charge is -2.40. The van der Waals surface area contributed by atoms with E-state index >= 15 is 0 Å². The predicted molar refractivity (Wildman–Crippen MR) is 122 cm³/mol. The summed E-state index contributed by atoms with van der Waals surface area (Å²) in [6, 6.07) is 12.3. The van der Waals surface area contributed by atoms with Crippen LogP contribution in [0.2, 0.25) is 0 Å². The van der Waals surface area contributed by atoms with E-state index < -0.39 is 6.36 Å². The molecule has 0 saturated heterocycles. The molecule has 2 aromatic rings. The third kappa shape index (κ3) is 5.88. The summed E-state index contributed by atoms with van der Waals surface area (Å²) in [7, 11) is 0. The molecule has 3 atom stereocenters. The Balaban J connectivity index is 1.40. The van der Waals surface area contributed by atoms with Crippen molar-refractivity contribution in [1.29, 1.82) is 0 Å². The van der Waals surface area contributed by atoms with Gasteiger partial charge in [0.1, 0.15) is 5.75 Å². The lowest BCUT2D eigenvalue weighted by molar-refractivity contribution is -0.274. The maximum Gasteiger partial charge on any atom is 0.573 e. The minimum Gasteiger partial charge on any atom is -0.406 e. The Bertz CT molecular complexity index is 965. The van der Waals surface area contributed by atoms with Gasteiger partial charge in [0.05, 0.1) is 0 Å². The van der Waals surface area contributed by atoms with Gasteiger partial charge in [-0.1, -0.05) is 50.5 Å². The predicted octanol–water partition coefficient (Wildman–Crippen LogP) is 8.01. The molecule has 0 heterocycles. The van der Waals surface area contributed by atoms with Crippen molar-refractivity contribution in [3.63, 3.8) is 0 Å². The van der Waals surface area contributed by atoms with Gasteiger partial charge >= 0.3 is 6.36 Å². The Morgan fingerprint density at radius 2 is 1.69 bits per heavy atom. The normalized spacial score (nSPS) is 22.3. The molecule has 0 unspecified atom stereocenters. The highest BCUT2D eigenvalue weighted by molar-refractivity contribution is 5.48. The standard InChI is InChI=1S/C28H31F3O/c1-2-3-4-5-21-10-16-26-23(18-21)12-13-24-19-22(11-17-27(24)26)7-6-20-8-14-25(15-9-20)32-28(29,30)31/h8-9,11,14-15,17,19,21,23,26H,2-5,10,12-13,16,18H2,1H3/t21-,23-,26+/m1/s1. The Hall–Kier alpha value is -2.41. The number of alkyl halides is 3. The van der Waals surface area contributed by atoms with Crippen molar-refractivity contribution in [2.45, 2.75) is 77.0 Å². The van der Waals surface area contributed by atoms with Crippen LogP contribution in [0.1, 0.15) is 86.5 Å². The van der Waals surface area contributed by atoms with E-state index in [0.717, 1.165) is 23.8 Å². The molecule has 1 saturated carbocycles. The monoisotopic (exact) mass is 440 g/mol. The van der Waals surface area contributed by atoms with Crippen molar-refractivity contribution < 1.29 is 17.9 Å². The second-order valence-electron chi connectivity index (χ2n) is 9.32. The van der Waals surface area contributed by atoms with Crippen LogP contribution in [-0.2, 0) is 6.42 Å². The molecule has 170 valence electrons. The summed E-state index contributed by atoms with van der Waals surface area (Å²) in [4.78, 5) is 0. The van der Waals surface area contributed by atoms with Crippen LogP contribution in [0, 0.1) is 23.7 Å². The molecule has 2 aliphatic rings. The van der Waals surface area contributed by atoms with Crippen molar-refractivity contribution >= 4 is 0 Å². The largest absolute Gasteiger partial charge is 0.573 e. The van der Waals surface area contributed by atoms with E-state index in [0.29, 0.717) is 11.5 Å². The summed E-state index contributed by atoms with van der Waals surface area (Å²) >= 11 is 0. The topological polar surface area (TPSA) is 9.23 Å². The van der Waals surface area contributed by atoms with Crippen molar-refractivity contribution in [2.75, 3.05) is 0 Å². The van der Waals surface area contributed by atoms with Gasteiger partial charge in [-0.3, -0.25) is 0 Å². The zero-order valence-electron chi connectivity index (χ0n) is 18.7. The molecule has 1 fully saturated rings. The van der Waals surface area contributed by atoms with E-state index in [9.17, 15) is 13.2 Å². The molecular weight excluding hydrogens is 409 g/mol. The fourth-order valence-corrected chi connectivity index (χ4v) is 5.52. The molecule has 0 aromatic heterocycles. The first-order valence-corrected chi connectivity index (χ1v) is 11.9. The zero-order chi connectivity index (χ0) is 22.6. The molecule has 0 radical (unpaired) electrons. The maximum atomic E-state index is 12.3. The smallest absolute Gasteiger partial charge is 0.406 e. The number of ether oxygens (including phenoxy) is 1. The number of unbranched alkanes of at least 4 members (excludes halogenated alkanes) is 2. The molecule has 4 heteroatoms. The van der Waals surface area contributed by atoms with Gasteiger partial charge in [-0.25, -0.2) is 0 Å². The van der Waals surface area contributed by atoms with Crippen molar-refractivity contribution in [3.8, 4) is 17.6 Å². The lowest BCUT2D eigenvalue weighted by Crippen LogP contribution is -2.28. The third-order valence-electron chi connectivity index (χ3n) is 7.07. The molecule has 0 spiro atoms. The number of halogens is 3. The molecule has 0 aliphatic heterocycles. The van der Waals surface area contributed by atoms with Crippen LogP contribution < -0.4 is 4.74 Å². The quantitative estimate of drug-likeness (QED) is 0.338. The SMILES string of the molecule is CCCCC[C@@H]1CC[C@@H]2c3ccc(C#Cc4ccc(OC(F)(F)F)cc4)cc3CC[C@@H]2C1. The first-order valence-electron chi connectivity index (χ1n) is 11.9. The molecule has 4 rings (SSSR count). The highest BCUT2D eigenvalue weighted by atomic mass is 19.4. The number of hydrogen-bond acceptors (Lipinski definition) is 1. The van der Waals surface area contributed by atoms with Crippen LogP contribution in [0.4, 0.5) is 13.2 Å². The fourth-order valence-electron chi connectivity index (χ4n) is 5.52. The van der Waals surface area contributed by atoms with E-state index in [1.54, 1.807) is 12.1 Å². The Morgan fingerprint density at radius 3 is 2.44 bits per heavy atom. The summed E-state index contributed by atoms with van der Waals surface area (Å²) in [5.74, 6) is 8.45. The second kappa shape index (κ2) is 10.0. The summed E-state index contributed by atoms with van der Waals surface area (Å²) in [6.07, 6.45) is 7.24. The van der Waals surface area contributed by atoms with E-state index in [2.05, 4.69) is 41.7 Å². The average molecular weight is 441 g/mol. The molecule has 1 nitrogen and oxygen atoms in total. The average Bonchev–Trinajstić information content (AvgIpc) is 2.77. The molecule has 2 aliphatic carbocycles. The fraction of sp³-hybridized carbons (Fsp3) is 0.500. The number of aryl methyl sites for hydroxylation is 1. The minimum atomic E-state index is -4.68. The summed E-state index contributed by atoms with van der Waals surface area (Å²) in [5.41, 5.74) is 4.58. The van der Waals surface area contributed by atoms with Crippen molar-refractivity contribution in [1.82, 2.24) is 0 Å². The first-order chi connectivity index (χ1) is 15.4. The number of fused-ring (bicyclic) bond motifs is 3. The van der Waals surface area contributed by atoms with Crippen LogP contribution in [-0.4, -0.2) is 6.36 Å². The van der Waals surface area contributed by atoms with Gasteiger partial charge in [0.25, 0.3) is 0 Å². The van der Waals surface area contributed by atoms with Crippen LogP contribution in [0.25, 0.3) is 0 Å². The van der Waals surface area contributed by atoms with Crippen LogP contribution in [0.15, 0.2) is 42.5 Å². The minimum absolute atomic E-state index is 0.230. The molecule has 0 amide bonds. The van der Waals surface area contributed by atoms with Gasteiger partial charge in [0.2, 0.25) is 0 Å². The van der Waals surface area contributed by atoms with Gasteiger partial charge in [-0.05, 0) is 97.4 Å². The highest BCUT2D eigenvalue weighted by Gasteiger charge is 2.35. The van der Waals surface area contributed by atoms with Gasteiger partial charge in [-0.15, -0.1) is 13.2 Å². The first kappa shape index (κ1) is 22.8. The van der Waals surface area contributed by atoms with Crippen molar-refractivity contribution in [3.05, 3.63) is 64.7 Å². The van der Waals surface area contributed by atoms with E-state index in [-0.39, 0.29) is 5.75 Å². The van der Waals surface area contributed by atoms with E-state index in [4.69, 9.17) is 0 Å². The summed E-state index contributed by atoms with van der Waals surface area (Å²) < 4.78 is 40.8. The highest BCUT2D eigenvalue weighted by Crippen LogP contribution is 2.48. The Morgan fingerprint density at radius 1 is 0.938 bits per heavy atom. The molecule has 0 bridgehead atoms. The number of benzene rings is 2. The summed E-state index contributed by atoms with van der Waals surface area (Å²) in [6.45, 7) is 2.27. The van der Waals surface area contributed by atoms with Crippen molar-refractivity contribution in [2.24, 2.45) is 11.8 Å². The third-order valence-corrected chi connectivity index (χ3v) is 7.07. The number of rotatable bonds is 5. The van der Waals surface area contributed by atoms with Gasteiger partial charge < -0.3 is 4.74 Å². The molecule has 32 heavy (non-hydrogen) atoms. The van der Waals surface area contributed by atoms with Crippen LogP contribution >= 0.6 is 0 Å². The Labute approximate surface area is 189 Å². The second-order valence-corrected chi connectivity index (χ2v) is 9.32. The zero-order valence-corrected chi connectivity index (χ0v) is 18.7. The number of hydrogen-bond donors (Lipinski definition) is 0.